The van der Waals surface area contributed by atoms with Crippen molar-refractivity contribution in [3.8, 4) is 5.75 Å². The maximum absolute atomic E-state index is 12.7. The van der Waals surface area contributed by atoms with Crippen LogP contribution in [0.2, 0.25) is 10.0 Å². The minimum absolute atomic E-state index is 0.134. The third-order valence-electron chi connectivity index (χ3n) is 4.91. The summed E-state index contributed by atoms with van der Waals surface area (Å²) >= 11 is 13.3. The highest BCUT2D eigenvalue weighted by atomic mass is 35.5. The minimum Gasteiger partial charge on any atom is -0.489 e. The molecule has 0 bridgehead atoms. The van der Waals surface area contributed by atoms with E-state index in [1.165, 1.54) is 28.8 Å². The van der Waals surface area contributed by atoms with Crippen molar-refractivity contribution in [2.45, 2.75) is 6.61 Å². The van der Waals surface area contributed by atoms with E-state index in [1.807, 2.05) is 30.3 Å². The fraction of sp³-hybridized carbons (Fsp3) is 0.0800. The molecule has 1 aliphatic rings. The third-order valence-corrected chi connectivity index (χ3v) is 6.56. The molecule has 1 heterocycles. The second-order valence-electron chi connectivity index (χ2n) is 7.32. The number of thioether (sulfide) groups is 1. The molecular weight excluding hydrogens is 495 g/mol. The number of carboxylic acids is 1. The molecule has 4 rings (SSSR count). The largest absolute Gasteiger partial charge is 0.489 e. The number of likely N-dealkylation sites (N-methyl/N-ethyl adjacent to an activating group) is 1. The zero-order valence-corrected chi connectivity index (χ0v) is 20.2. The van der Waals surface area contributed by atoms with E-state index in [2.05, 4.69) is 4.99 Å². The normalized spacial score (nSPS) is 15.9. The Morgan fingerprint density at radius 2 is 1.88 bits per heavy atom. The Morgan fingerprint density at radius 3 is 2.59 bits per heavy atom. The van der Waals surface area contributed by atoms with Gasteiger partial charge in [0.1, 0.15) is 12.4 Å². The molecule has 1 N–H and O–H groups in total. The first-order chi connectivity index (χ1) is 16.3. The molecule has 3 aromatic carbocycles. The predicted molar refractivity (Wildman–Crippen MR) is 136 cm³/mol. The van der Waals surface area contributed by atoms with E-state index < -0.39 is 5.97 Å². The molecule has 0 atom stereocenters. The zero-order valence-electron chi connectivity index (χ0n) is 17.9. The standard InChI is InChI=1S/C25H18Cl2N2O4S/c1-29-23(30)22(34-25(29)28-19-4-2-3-16(12-19)24(31)32)11-15-5-9-20(10-6-15)33-14-17-7-8-18(26)13-21(17)27/h2-13H,14H2,1H3,(H,31,32)/b22-11+,28-25?. The van der Waals surface area contributed by atoms with Gasteiger partial charge in [0.15, 0.2) is 5.17 Å². The molecule has 0 spiro atoms. The maximum atomic E-state index is 12.7. The van der Waals surface area contributed by atoms with Gasteiger partial charge in [0, 0.05) is 22.7 Å². The van der Waals surface area contributed by atoms with E-state index in [0.717, 1.165) is 11.1 Å². The first-order valence-electron chi connectivity index (χ1n) is 10.1. The van der Waals surface area contributed by atoms with Crippen LogP contribution >= 0.6 is 35.0 Å². The molecule has 34 heavy (non-hydrogen) atoms. The number of benzene rings is 3. The summed E-state index contributed by atoms with van der Waals surface area (Å²) in [6.07, 6.45) is 1.78. The van der Waals surface area contributed by atoms with Crippen LogP contribution < -0.4 is 4.74 Å². The van der Waals surface area contributed by atoms with Crippen molar-refractivity contribution in [1.82, 2.24) is 4.90 Å². The van der Waals surface area contributed by atoms with E-state index in [1.54, 1.807) is 37.4 Å². The topological polar surface area (TPSA) is 79.2 Å². The Balaban J connectivity index is 1.45. The predicted octanol–water partition coefficient (Wildman–Crippen LogP) is 6.50. The summed E-state index contributed by atoms with van der Waals surface area (Å²) in [6, 6.07) is 18.8. The van der Waals surface area contributed by atoms with Crippen LogP contribution in [0, 0.1) is 0 Å². The lowest BCUT2D eigenvalue weighted by Crippen LogP contribution is -2.23. The molecule has 1 saturated heterocycles. The molecule has 0 saturated carbocycles. The molecule has 6 nitrogen and oxygen atoms in total. The van der Waals surface area contributed by atoms with Crippen molar-refractivity contribution in [2.75, 3.05) is 7.05 Å². The number of amidine groups is 1. The lowest BCUT2D eigenvalue weighted by Gasteiger charge is -2.08. The van der Waals surface area contributed by atoms with Crippen LogP contribution in [0.25, 0.3) is 6.08 Å². The van der Waals surface area contributed by atoms with E-state index in [9.17, 15) is 9.59 Å². The SMILES string of the molecule is CN1C(=O)/C(=C\c2ccc(OCc3ccc(Cl)cc3Cl)cc2)SC1=Nc1cccc(C(=O)O)c1. The summed E-state index contributed by atoms with van der Waals surface area (Å²) in [6.45, 7) is 0.304. The number of amides is 1. The first-order valence-corrected chi connectivity index (χ1v) is 11.6. The van der Waals surface area contributed by atoms with Gasteiger partial charge in [-0.2, -0.15) is 0 Å². The number of aromatic carboxylic acids is 1. The Labute approximate surface area is 210 Å². The average Bonchev–Trinajstić information content (AvgIpc) is 3.07. The molecule has 9 heteroatoms. The van der Waals surface area contributed by atoms with Gasteiger partial charge in [0.25, 0.3) is 5.91 Å². The molecule has 1 fully saturated rings. The third kappa shape index (κ3) is 5.62. The molecule has 1 aliphatic heterocycles. The molecule has 0 unspecified atom stereocenters. The molecule has 0 aliphatic carbocycles. The van der Waals surface area contributed by atoms with E-state index in [4.69, 9.17) is 33.0 Å². The van der Waals surface area contributed by atoms with Crippen LogP contribution in [-0.2, 0) is 11.4 Å². The first kappa shape index (κ1) is 23.9. The summed E-state index contributed by atoms with van der Waals surface area (Å²) in [7, 11) is 1.63. The lowest BCUT2D eigenvalue weighted by molar-refractivity contribution is -0.121. The van der Waals surface area contributed by atoms with Crippen LogP contribution in [0.5, 0.6) is 5.75 Å². The van der Waals surface area contributed by atoms with Gasteiger partial charge in [-0.15, -0.1) is 0 Å². The van der Waals surface area contributed by atoms with Gasteiger partial charge in [-0.3, -0.25) is 9.69 Å². The molecular formula is C25H18Cl2N2O4S. The monoisotopic (exact) mass is 512 g/mol. The van der Waals surface area contributed by atoms with Gasteiger partial charge in [-0.05, 0) is 65.9 Å². The second-order valence-corrected chi connectivity index (χ2v) is 9.17. The van der Waals surface area contributed by atoms with Gasteiger partial charge >= 0.3 is 5.97 Å². The average molecular weight is 513 g/mol. The van der Waals surface area contributed by atoms with Crippen LogP contribution in [0.4, 0.5) is 5.69 Å². The maximum Gasteiger partial charge on any atom is 0.335 e. The fourth-order valence-corrected chi connectivity index (χ4v) is 4.53. The number of halogens is 2. The Bertz CT molecular complexity index is 1320. The van der Waals surface area contributed by atoms with Crippen molar-refractivity contribution in [3.05, 3.63) is 98.4 Å². The minimum atomic E-state index is -1.03. The summed E-state index contributed by atoms with van der Waals surface area (Å²) in [5, 5.41) is 10.7. The van der Waals surface area contributed by atoms with Gasteiger partial charge in [-0.1, -0.05) is 47.5 Å². The van der Waals surface area contributed by atoms with Gasteiger partial charge in [0.2, 0.25) is 0 Å². The van der Waals surface area contributed by atoms with E-state index >= 15 is 0 Å². The smallest absolute Gasteiger partial charge is 0.335 e. The number of rotatable bonds is 6. The Hall–Kier alpha value is -3.26. The zero-order chi connectivity index (χ0) is 24.2. The van der Waals surface area contributed by atoms with Crippen LogP contribution in [0.15, 0.2) is 76.6 Å². The van der Waals surface area contributed by atoms with Crippen LogP contribution in [-0.4, -0.2) is 34.1 Å². The number of carbonyl (C=O) groups is 2. The van der Waals surface area contributed by atoms with Crippen LogP contribution in [0.3, 0.4) is 0 Å². The highest BCUT2D eigenvalue weighted by Crippen LogP contribution is 2.33. The fourth-order valence-electron chi connectivity index (χ4n) is 3.08. The number of aliphatic imine (C=N–C) groups is 1. The highest BCUT2D eigenvalue weighted by Gasteiger charge is 2.30. The van der Waals surface area contributed by atoms with E-state index in [-0.39, 0.29) is 11.5 Å². The molecule has 172 valence electrons. The number of hydrogen-bond donors (Lipinski definition) is 1. The lowest BCUT2D eigenvalue weighted by atomic mass is 10.2. The Kier molecular flexibility index (Phi) is 7.26. The van der Waals surface area contributed by atoms with E-state index in [0.29, 0.717) is 38.2 Å². The van der Waals surface area contributed by atoms with Gasteiger partial charge in [-0.25, -0.2) is 9.79 Å². The number of ether oxygens (including phenoxy) is 1. The van der Waals surface area contributed by atoms with Crippen molar-refractivity contribution < 1.29 is 19.4 Å². The number of carboxylic acid groups (broad SMARTS) is 1. The number of carbonyl (C=O) groups excluding carboxylic acids is 1. The second kappa shape index (κ2) is 10.3. The summed E-state index contributed by atoms with van der Waals surface area (Å²) in [5.41, 5.74) is 2.25. The highest BCUT2D eigenvalue weighted by molar-refractivity contribution is 8.18. The number of nitrogens with zero attached hydrogens (tertiary/aromatic N) is 2. The van der Waals surface area contributed by atoms with Gasteiger partial charge < -0.3 is 9.84 Å². The van der Waals surface area contributed by atoms with Crippen molar-refractivity contribution in [3.63, 3.8) is 0 Å². The van der Waals surface area contributed by atoms with Crippen LogP contribution in [0.1, 0.15) is 21.5 Å². The Morgan fingerprint density at radius 1 is 1.12 bits per heavy atom. The summed E-state index contributed by atoms with van der Waals surface area (Å²) in [4.78, 5) is 30.3. The quantitative estimate of drug-likeness (QED) is 0.381. The molecule has 0 radical (unpaired) electrons. The summed E-state index contributed by atoms with van der Waals surface area (Å²) in [5.74, 6) is -0.554. The van der Waals surface area contributed by atoms with Gasteiger partial charge in [0.05, 0.1) is 16.2 Å². The summed E-state index contributed by atoms with van der Waals surface area (Å²) < 4.78 is 5.80. The molecule has 3 aromatic rings. The van der Waals surface area contributed by atoms with Crippen molar-refractivity contribution in [2.24, 2.45) is 4.99 Å². The molecule has 1 amide bonds. The number of hydrogen-bond acceptors (Lipinski definition) is 5. The molecule has 0 aromatic heterocycles. The van der Waals surface area contributed by atoms with Crippen molar-refractivity contribution in [1.29, 1.82) is 0 Å². The van der Waals surface area contributed by atoms with Crippen molar-refractivity contribution >= 4 is 63.8 Å².